The number of aliphatic hydroxyl groups excluding tert-OH is 1. The third-order valence-electron chi connectivity index (χ3n) is 3.97. The lowest BCUT2D eigenvalue weighted by atomic mass is 9.95. The summed E-state index contributed by atoms with van der Waals surface area (Å²) in [6.07, 6.45) is 5.25. The molecule has 2 rings (SSSR count). The second-order valence-corrected chi connectivity index (χ2v) is 5.77. The van der Waals surface area contributed by atoms with Crippen molar-refractivity contribution in [3.63, 3.8) is 0 Å². The van der Waals surface area contributed by atoms with E-state index in [0.29, 0.717) is 5.92 Å². The van der Waals surface area contributed by atoms with Gasteiger partial charge in [0.2, 0.25) is 0 Å². The van der Waals surface area contributed by atoms with Crippen molar-refractivity contribution >= 4 is 11.6 Å². The minimum absolute atomic E-state index is 0.284. The summed E-state index contributed by atoms with van der Waals surface area (Å²) in [4.78, 5) is 11.7. The first kappa shape index (κ1) is 16.0. The van der Waals surface area contributed by atoms with Gasteiger partial charge in [-0.2, -0.15) is 0 Å². The van der Waals surface area contributed by atoms with Gasteiger partial charge in [0, 0.05) is 38.7 Å². The summed E-state index contributed by atoms with van der Waals surface area (Å²) in [7, 11) is 0. The molecule has 0 spiro atoms. The van der Waals surface area contributed by atoms with Crippen LogP contribution < -0.4 is 10.2 Å². The number of hydrogen-bond donors (Lipinski definition) is 2. The SMILES string of the molecule is CCCc1nc(NCC)cc(N2CCCC(CCO)C2)n1. The highest BCUT2D eigenvalue weighted by Crippen LogP contribution is 2.25. The van der Waals surface area contributed by atoms with Crippen molar-refractivity contribution in [2.75, 3.05) is 36.5 Å². The number of aliphatic hydroxyl groups is 1. The fraction of sp³-hybridized carbons (Fsp3) is 0.750. The molecule has 0 radical (unpaired) electrons. The molecule has 0 amide bonds. The van der Waals surface area contributed by atoms with Crippen molar-refractivity contribution in [3.8, 4) is 0 Å². The normalized spacial score (nSPS) is 18.8. The van der Waals surface area contributed by atoms with E-state index in [4.69, 9.17) is 10.1 Å². The van der Waals surface area contributed by atoms with Gasteiger partial charge in [-0.05, 0) is 38.5 Å². The van der Waals surface area contributed by atoms with Crippen molar-refractivity contribution in [1.82, 2.24) is 9.97 Å². The first-order valence-corrected chi connectivity index (χ1v) is 8.24. The van der Waals surface area contributed by atoms with E-state index in [9.17, 15) is 0 Å². The first-order valence-electron chi connectivity index (χ1n) is 8.24. The number of aryl methyl sites for hydroxylation is 1. The second-order valence-electron chi connectivity index (χ2n) is 5.77. The molecule has 5 heteroatoms. The Labute approximate surface area is 127 Å². The van der Waals surface area contributed by atoms with Crippen LogP contribution in [-0.2, 0) is 6.42 Å². The number of nitrogens with one attached hydrogen (secondary N) is 1. The number of anilines is 2. The predicted octanol–water partition coefficient (Wildman–Crippen LogP) is 2.46. The summed E-state index contributed by atoms with van der Waals surface area (Å²) in [5.74, 6) is 3.47. The van der Waals surface area contributed by atoms with Gasteiger partial charge in [-0.3, -0.25) is 0 Å². The Balaban J connectivity index is 2.16. The average molecular weight is 292 g/mol. The van der Waals surface area contributed by atoms with Gasteiger partial charge in [0.05, 0.1) is 0 Å². The molecule has 21 heavy (non-hydrogen) atoms. The molecule has 118 valence electrons. The number of piperidine rings is 1. The van der Waals surface area contributed by atoms with Crippen molar-refractivity contribution in [1.29, 1.82) is 0 Å². The molecule has 0 bridgehead atoms. The van der Waals surface area contributed by atoms with Crippen molar-refractivity contribution < 1.29 is 5.11 Å². The van der Waals surface area contributed by atoms with Crippen molar-refractivity contribution in [2.45, 2.75) is 46.0 Å². The average Bonchev–Trinajstić information content (AvgIpc) is 2.48. The molecule has 0 saturated carbocycles. The maximum absolute atomic E-state index is 9.15. The van der Waals surface area contributed by atoms with Gasteiger partial charge >= 0.3 is 0 Å². The fourth-order valence-corrected chi connectivity index (χ4v) is 2.94. The molecule has 1 unspecified atom stereocenters. The maximum Gasteiger partial charge on any atom is 0.134 e. The molecule has 1 aliphatic heterocycles. The Hall–Kier alpha value is -1.36. The molecular weight excluding hydrogens is 264 g/mol. The van der Waals surface area contributed by atoms with Crippen LogP contribution in [0.2, 0.25) is 0 Å². The summed E-state index contributed by atoms with van der Waals surface area (Å²) >= 11 is 0. The molecule has 2 heterocycles. The third-order valence-corrected chi connectivity index (χ3v) is 3.97. The van der Waals surface area contributed by atoms with Gasteiger partial charge in [-0.25, -0.2) is 9.97 Å². The standard InChI is InChI=1S/C16H28N4O/c1-3-6-14-18-15(17-4-2)11-16(19-14)20-9-5-7-13(12-20)8-10-21/h11,13,21H,3-10,12H2,1-2H3,(H,17,18,19). The van der Waals surface area contributed by atoms with Gasteiger partial charge < -0.3 is 15.3 Å². The molecule has 1 aromatic rings. The molecule has 5 nitrogen and oxygen atoms in total. The Morgan fingerprint density at radius 3 is 2.95 bits per heavy atom. The summed E-state index contributed by atoms with van der Waals surface area (Å²) in [5.41, 5.74) is 0. The molecule has 1 saturated heterocycles. The zero-order valence-electron chi connectivity index (χ0n) is 13.3. The number of nitrogens with zero attached hydrogens (tertiary/aromatic N) is 3. The molecule has 0 aliphatic carbocycles. The van der Waals surface area contributed by atoms with Crippen LogP contribution in [0.3, 0.4) is 0 Å². The zero-order valence-corrected chi connectivity index (χ0v) is 13.3. The van der Waals surface area contributed by atoms with E-state index in [2.05, 4.69) is 35.1 Å². The van der Waals surface area contributed by atoms with Crippen LogP contribution in [0.25, 0.3) is 0 Å². The van der Waals surface area contributed by atoms with E-state index >= 15 is 0 Å². The quantitative estimate of drug-likeness (QED) is 0.808. The molecular formula is C16H28N4O. The number of aromatic nitrogens is 2. The van der Waals surface area contributed by atoms with Crippen LogP contribution >= 0.6 is 0 Å². The van der Waals surface area contributed by atoms with Gasteiger partial charge in [-0.1, -0.05) is 6.92 Å². The predicted molar refractivity (Wildman–Crippen MR) is 86.8 cm³/mol. The monoisotopic (exact) mass is 292 g/mol. The Kier molecular flexibility index (Phi) is 6.23. The van der Waals surface area contributed by atoms with Gasteiger partial charge in [0.1, 0.15) is 17.5 Å². The molecule has 2 N–H and O–H groups in total. The first-order chi connectivity index (χ1) is 10.3. The summed E-state index contributed by atoms with van der Waals surface area (Å²) in [6.45, 7) is 7.44. The van der Waals surface area contributed by atoms with E-state index in [1.165, 1.54) is 12.8 Å². The highest BCUT2D eigenvalue weighted by atomic mass is 16.3. The summed E-state index contributed by atoms with van der Waals surface area (Å²) < 4.78 is 0. The van der Waals surface area contributed by atoms with Crippen molar-refractivity contribution in [3.05, 3.63) is 11.9 Å². The van der Waals surface area contributed by atoms with Crippen LogP contribution in [0.5, 0.6) is 0 Å². The molecule has 1 aromatic heterocycles. The largest absolute Gasteiger partial charge is 0.396 e. The number of rotatable bonds is 7. The van der Waals surface area contributed by atoms with E-state index in [1.807, 2.05) is 0 Å². The molecule has 0 aromatic carbocycles. The Morgan fingerprint density at radius 2 is 2.24 bits per heavy atom. The van der Waals surface area contributed by atoms with E-state index in [-0.39, 0.29) is 6.61 Å². The minimum atomic E-state index is 0.284. The van der Waals surface area contributed by atoms with Crippen LogP contribution in [0.4, 0.5) is 11.6 Å². The van der Waals surface area contributed by atoms with Gasteiger partial charge in [-0.15, -0.1) is 0 Å². The minimum Gasteiger partial charge on any atom is -0.396 e. The van der Waals surface area contributed by atoms with Crippen LogP contribution in [-0.4, -0.2) is 41.3 Å². The summed E-state index contributed by atoms with van der Waals surface area (Å²) in [6, 6.07) is 2.06. The lowest BCUT2D eigenvalue weighted by Gasteiger charge is -2.33. The Bertz CT molecular complexity index is 412. The van der Waals surface area contributed by atoms with E-state index < -0.39 is 0 Å². The smallest absolute Gasteiger partial charge is 0.134 e. The molecule has 1 aliphatic rings. The van der Waals surface area contributed by atoms with Gasteiger partial charge in [0.25, 0.3) is 0 Å². The molecule has 1 fully saturated rings. The molecule has 1 atom stereocenters. The fourth-order valence-electron chi connectivity index (χ4n) is 2.94. The number of hydrogen-bond acceptors (Lipinski definition) is 5. The van der Waals surface area contributed by atoms with E-state index in [1.54, 1.807) is 0 Å². The second kappa shape index (κ2) is 8.17. The van der Waals surface area contributed by atoms with Crippen LogP contribution in [0.15, 0.2) is 6.07 Å². The topological polar surface area (TPSA) is 61.3 Å². The van der Waals surface area contributed by atoms with E-state index in [0.717, 1.165) is 56.4 Å². The zero-order chi connectivity index (χ0) is 15.1. The van der Waals surface area contributed by atoms with Gasteiger partial charge in [0.15, 0.2) is 0 Å². The lowest BCUT2D eigenvalue weighted by Crippen LogP contribution is -2.36. The highest BCUT2D eigenvalue weighted by molar-refractivity contribution is 5.49. The highest BCUT2D eigenvalue weighted by Gasteiger charge is 2.21. The third kappa shape index (κ3) is 4.56. The Morgan fingerprint density at radius 1 is 1.38 bits per heavy atom. The van der Waals surface area contributed by atoms with Crippen LogP contribution in [0, 0.1) is 5.92 Å². The lowest BCUT2D eigenvalue weighted by molar-refractivity contribution is 0.244. The maximum atomic E-state index is 9.15. The van der Waals surface area contributed by atoms with Crippen LogP contribution in [0.1, 0.15) is 45.4 Å². The summed E-state index contributed by atoms with van der Waals surface area (Å²) in [5, 5.41) is 12.5. The van der Waals surface area contributed by atoms with Crippen molar-refractivity contribution in [2.24, 2.45) is 5.92 Å².